The van der Waals surface area contributed by atoms with Gasteiger partial charge in [-0.3, -0.25) is 5.10 Å². The van der Waals surface area contributed by atoms with Crippen molar-refractivity contribution in [2.75, 3.05) is 5.32 Å². The van der Waals surface area contributed by atoms with Crippen LogP contribution in [-0.4, -0.2) is 15.2 Å². The van der Waals surface area contributed by atoms with Crippen molar-refractivity contribution in [3.63, 3.8) is 0 Å². The van der Waals surface area contributed by atoms with Crippen LogP contribution < -0.4 is 5.32 Å². The van der Waals surface area contributed by atoms with E-state index in [2.05, 4.69) is 20.5 Å². The molecule has 2 rings (SSSR count). The third kappa shape index (κ3) is 1.93. The minimum atomic E-state index is 0.816. The molecule has 2 aromatic rings. The molecule has 14 heavy (non-hydrogen) atoms. The summed E-state index contributed by atoms with van der Waals surface area (Å²) in [7, 11) is 0. The molecule has 5 heteroatoms. The van der Waals surface area contributed by atoms with Crippen molar-refractivity contribution >= 4 is 17.0 Å². The van der Waals surface area contributed by atoms with E-state index >= 15 is 0 Å². The maximum Gasteiger partial charge on any atom is 0.0900 e. The Morgan fingerprint density at radius 3 is 2.93 bits per heavy atom. The third-order valence-electron chi connectivity index (χ3n) is 1.95. The van der Waals surface area contributed by atoms with Crippen molar-refractivity contribution in [2.24, 2.45) is 0 Å². The van der Waals surface area contributed by atoms with E-state index in [4.69, 9.17) is 0 Å². The maximum absolute atomic E-state index is 4.37. The van der Waals surface area contributed by atoms with Crippen LogP contribution in [0, 0.1) is 13.8 Å². The smallest absolute Gasteiger partial charge is 0.0900 e. The molecule has 2 aromatic heterocycles. The quantitative estimate of drug-likeness (QED) is 0.812. The molecule has 0 bridgehead atoms. The van der Waals surface area contributed by atoms with Gasteiger partial charge in [-0.1, -0.05) is 0 Å². The highest BCUT2D eigenvalue weighted by atomic mass is 32.1. The Hall–Kier alpha value is -1.36. The molecule has 0 amide bonds. The molecule has 74 valence electrons. The molecule has 0 aliphatic carbocycles. The Morgan fingerprint density at radius 1 is 1.50 bits per heavy atom. The van der Waals surface area contributed by atoms with E-state index in [1.165, 1.54) is 4.88 Å². The fraction of sp³-hybridized carbons (Fsp3) is 0.333. The summed E-state index contributed by atoms with van der Waals surface area (Å²) < 4.78 is 0. The van der Waals surface area contributed by atoms with E-state index in [0.29, 0.717) is 0 Å². The van der Waals surface area contributed by atoms with E-state index in [1.54, 1.807) is 17.5 Å². The van der Waals surface area contributed by atoms with Gasteiger partial charge < -0.3 is 5.32 Å². The molecule has 0 unspecified atom stereocenters. The first-order valence-electron chi connectivity index (χ1n) is 4.41. The standard InChI is InChI=1S/C9H12N4S/c1-6-9(14-7(2)13-6)5-10-8-3-11-12-4-8/h3-4,10H,5H2,1-2H3,(H,11,12). The highest BCUT2D eigenvalue weighted by molar-refractivity contribution is 7.11. The van der Waals surface area contributed by atoms with Gasteiger partial charge in [0.2, 0.25) is 0 Å². The van der Waals surface area contributed by atoms with Gasteiger partial charge in [-0.2, -0.15) is 5.10 Å². The van der Waals surface area contributed by atoms with Gasteiger partial charge in [0.25, 0.3) is 0 Å². The maximum atomic E-state index is 4.37. The molecular weight excluding hydrogens is 196 g/mol. The van der Waals surface area contributed by atoms with Crippen LogP contribution in [0.5, 0.6) is 0 Å². The SMILES string of the molecule is Cc1nc(C)c(CNc2cn[nH]c2)s1. The lowest BCUT2D eigenvalue weighted by molar-refractivity contribution is 1.09. The molecule has 0 atom stereocenters. The minimum Gasteiger partial charge on any atom is -0.378 e. The summed E-state index contributed by atoms with van der Waals surface area (Å²) in [5.41, 5.74) is 2.12. The van der Waals surface area contributed by atoms with Crippen molar-refractivity contribution in [1.29, 1.82) is 0 Å². The molecule has 0 aliphatic heterocycles. The van der Waals surface area contributed by atoms with Crippen LogP contribution in [0.15, 0.2) is 12.4 Å². The third-order valence-corrected chi connectivity index (χ3v) is 3.02. The molecule has 4 nitrogen and oxygen atoms in total. The van der Waals surface area contributed by atoms with Crippen molar-refractivity contribution < 1.29 is 0 Å². The Labute approximate surface area is 86.4 Å². The van der Waals surface area contributed by atoms with Gasteiger partial charge in [-0.15, -0.1) is 11.3 Å². The molecule has 0 aliphatic rings. The molecule has 0 saturated heterocycles. The van der Waals surface area contributed by atoms with Gasteiger partial charge in [0, 0.05) is 11.1 Å². The molecule has 2 heterocycles. The zero-order chi connectivity index (χ0) is 9.97. The minimum absolute atomic E-state index is 0.816. The summed E-state index contributed by atoms with van der Waals surface area (Å²) in [6.45, 7) is 4.88. The second-order valence-electron chi connectivity index (χ2n) is 3.08. The second-order valence-corrected chi connectivity index (χ2v) is 4.37. The van der Waals surface area contributed by atoms with Crippen molar-refractivity contribution in [2.45, 2.75) is 20.4 Å². The molecule has 0 saturated carbocycles. The van der Waals surface area contributed by atoms with E-state index in [-0.39, 0.29) is 0 Å². The number of thiazole rings is 1. The topological polar surface area (TPSA) is 53.6 Å². The Kier molecular flexibility index (Phi) is 2.49. The van der Waals surface area contributed by atoms with Crippen LogP contribution in [0.25, 0.3) is 0 Å². The van der Waals surface area contributed by atoms with Crippen molar-refractivity contribution in [3.05, 3.63) is 28.0 Å². The number of aryl methyl sites for hydroxylation is 2. The lowest BCUT2D eigenvalue weighted by Gasteiger charge is -2.00. The van der Waals surface area contributed by atoms with Crippen LogP contribution in [0.4, 0.5) is 5.69 Å². The first-order chi connectivity index (χ1) is 6.75. The molecular formula is C9H12N4S. The summed E-state index contributed by atoms with van der Waals surface area (Å²) >= 11 is 1.73. The number of aromatic amines is 1. The first-order valence-corrected chi connectivity index (χ1v) is 5.23. The van der Waals surface area contributed by atoms with Gasteiger partial charge in [0.15, 0.2) is 0 Å². The lowest BCUT2D eigenvalue weighted by Crippen LogP contribution is -1.97. The molecule has 0 fully saturated rings. The lowest BCUT2D eigenvalue weighted by atomic mass is 10.4. The fourth-order valence-electron chi connectivity index (χ4n) is 1.27. The fourth-order valence-corrected chi connectivity index (χ4v) is 2.14. The summed E-state index contributed by atoms with van der Waals surface area (Å²) in [4.78, 5) is 5.65. The van der Waals surface area contributed by atoms with Crippen LogP contribution >= 0.6 is 11.3 Å². The number of H-pyrrole nitrogens is 1. The summed E-state index contributed by atoms with van der Waals surface area (Å²) in [6, 6.07) is 0. The van der Waals surface area contributed by atoms with E-state index in [0.717, 1.165) is 22.9 Å². The summed E-state index contributed by atoms with van der Waals surface area (Å²) in [5, 5.41) is 11.0. The van der Waals surface area contributed by atoms with Gasteiger partial charge in [0.05, 0.1) is 29.1 Å². The Balaban J connectivity index is 2.01. The van der Waals surface area contributed by atoms with Crippen LogP contribution in [0.2, 0.25) is 0 Å². The monoisotopic (exact) mass is 208 g/mol. The van der Waals surface area contributed by atoms with E-state index in [1.807, 2.05) is 20.0 Å². The van der Waals surface area contributed by atoms with Gasteiger partial charge >= 0.3 is 0 Å². The van der Waals surface area contributed by atoms with Gasteiger partial charge in [-0.25, -0.2) is 4.98 Å². The average Bonchev–Trinajstić information content (AvgIpc) is 2.72. The van der Waals surface area contributed by atoms with Crippen LogP contribution in [0.1, 0.15) is 15.6 Å². The average molecular weight is 208 g/mol. The predicted octanol–water partition coefficient (Wildman–Crippen LogP) is 2.10. The first kappa shape index (κ1) is 9.21. The highest BCUT2D eigenvalue weighted by Crippen LogP contribution is 2.18. The summed E-state index contributed by atoms with van der Waals surface area (Å²) in [5.74, 6) is 0. The number of nitrogens with one attached hydrogen (secondary N) is 2. The number of hydrogen-bond acceptors (Lipinski definition) is 4. The van der Waals surface area contributed by atoms with E-state index < -0.39 is 0 Å². The van der Waals surface area contributed by atoms with Gasteiger partial charge in [0.1, 0.15) is 0 Å². The van der Waals surface area contributed by atoms with E-state index in [9.17, 15) is 0 Å². The largest absolute Gasteiger partial charge is 0.378 e. The number of anilines is 1. The number of rotatable bonds is 3. The Bertz CT molecular complexity index is 404. The normalized spacial score (nSPS) is 10.4. The van der Waals surface area contributed by atoms with Gasteiger partial charge in [-0.05, 0) is 13.8 Å². The molecule has 0 radical (unpaired) electrons. The molecule has 2 N–H and O–H groups in total. The van der Waals surface area contributed by atoms with Crippen LogP contribution in [-0.2, 0) is 6.54 Å². The van der Waals surface area contributed by atoms with Crippen molar-refractivity contribution in [3.8, 4) is 0 Å². The zero-order valence-electron chi connectivity index (χ0n) is 8.16. The molecule has 0 spiro atoms. The summed E-state index contributed by atoms with van der Waals surface area (Å²) in [6.07, 6.45) is 3.60. The number of aromatic nitrogens is 3. The zero-order valence-corrected chi connectivity index (χ0v) is 8.98. The Morgan fingerprint density at radius 2 is 2.36 bits per heavy atom. The number of hydrogen-bond donors (Lipinski definition) is 2. The second kappa shape index (κ2) is 3.79. The number of nitrogens with zero attached hydrogens (tertiary/aromatic N) is 2. The highest BCUT2D eigenvalue weighted by Gasteiger charge is 2.04. The predicted molar refractivity (Wildman–Crippen MR) is 57.5 cm³/mol. The van der Waals surface area contributed by atoms with Crippen LogP contribution in [0.3, 0.4) is 0 Å². The van der Waals surface area contributed by atoms with Crippen molar-refractivity contribution in [1.82, 2.24) is 15.2 Å². The molecule has 0 aromatic carbocycles.